The number of hydrogen-bond donors (Lipinski definition) is 3. The number of benzene rings is 1. The van der Waals surface area contributed by atoms with Crippen molar-refractivity contribution in [2.75, 3.05) is 27.7 Å². The van der Waals surface area contributed by atoms with Crippen LogP contribution in [-0.2, 0) is 9.59 Å². The van der Waals surface area contributed by atoms with Crippen molar-refractivity contribution in [2.24, 2.45) is 0 Å². The average molecular weight is 279 g/mol. The van der Waals surface area contributed by atoms with Crippen LogP contribution >= 0.6 is 0 Å². The third-order valence-electron chi connectivity index (χ3n) is 2.90. The van der Waals surface area contributed by atoms with E-state index in [1.807, 2.05) is 30.3 Å². The summed E-state index contributed by atoms with van der Waals surface area (Å²) >= 11 is 0. The van der Waals surface area contributed by atoms with Crippen LogP contribution in [0.15, 0.2) is 30.3 Å². The van der Waals surface area contributed by atoms with E-state index in [1.165, 1.54) is 7.05 Å². The maximum Gasteiger partial charge on any atom is 0.250 e. The molecule has 0 saturated carbocycles. The standard InChI is InChI=1S/C14H21N3O3/c1-15-13(19)11(18)9-16-14(20)12(17(2)3)10-7-5-4-6-8-10/h4-8,11-12,18H,9H2,1-3H3,(H,15,19)(H,16,20). The summed E-state index contributed by atoms with van der Waals surface area (Å²) < 4.78 is 0. The number of carbonyl (C=O) groups is 2. The lowest BCUT2D eigenvalue weighted by Crippen LogP contribution is -2.44. The number of hydrogen-bond acceptors (Lipinski definition) is 4. The summed E-state index contributed by atoms with van der Waals surface area (Å²) in [6, 6.07) is 8.85. The molecule has 110 valence electrons. The summed E-state index contributed by atoms with van der Waals surface area (Å²) in [5.74, 6) is -0.782. The number of nitrogens with zero attached hydrogens (tertiary/aromatic N) is 1. The minimum absolute atomic E-state index is 0.115. The summed E-state index contributed by atoms with van der Waals surface area (Å²) in [6.07, 6.45) is -1.25. The molecule has 2 unspecified atom stereocenters. The summed E-state index contributed by atoms with van der Waals surface area (Å²) in [4.78, 5) is 25.2. The molecule has 0 saturated heterocycles. The fraction of sp³-hybridized carbons (Fsp3) is 0.429. The van der Waals surface area contributed by atoms with Gasteiger partial charge in [-0.1, -0.05) is 30.3 Å². The summed E-state index contributed by atoms with van der Waals surface area (Å²) in [5, 5.41) is 14.4. The van der Waals surface area contributed by atoms with E-state index in [0.29, 0.717) is 0 Å². The molecule has 1 aromatic rings. The molecule has 6 nitrogen and oxygen atoms in total. The molecule has 0 aliphatic heterocycles. The Bertz CT molecular complexity index is 448. The number of rotatable bonds is 6. The van der Waals surface area contributed by atoms with E-state index in [0.717, 1.165) is 5.56 Å². The predicted octanol–water partition coefficient (Wildman–Crippen LogP) is -0.488. The zero-order valence-electron chi connectivity index (χ0n) is 12.0. The van der Waals surface area contributed by atoms with Crippen LogP contribution in [0.1, 0.15) is 11.6 Å². The molecule has 0 bridgehead atoms. The van der Waals surface area contributed by atoms with Crippen LogP contribution in [0.2, 0.25) is 0 Å². The SMILES string of the molecule is CNC(=O)C(O)CNC(=O)C(c1ccccc1)N(C)C. The molecule has 2 atom stereocenters. The highest BCUT2D eigenvalue weighted by atomic mass is 16.3. The smallest absolute Gasteiger partial charge is 0.250 e. The Morgan fingerprint density at radius 3 is 2.30 bits per heavy atom. The van der Waals surface area contributed by atoms with Gasteiger partial charge >= 0.3 is 0 Å². The predicted molar refractivity (Wildman–Crippen MR) is 76.0 cm³/mol. The van der Waals surface area contributed by atoms with Crippen molar-refractivity contribution in [2.45, 2.75) is 12.1 Å². The molecule has 3 N–H and O–H groups in total. The minimum atomic E-state index is -1.25. The highest BCUT2D eigenvalue weighted by molar-refractivity contribution is 5.85. The molecule has 1 aromatic carbocycles. The van der Waals surface area contributed by atoms with E-state index < -0.39 is 18.1 Å². The Balaban J connectivity index is 2.69. The second-order valence-electron chi connectivity index (χ2n) is 4.65. The Morgan fingerprint density at radius 1 is 1.20 bits per heavy atom. The van der Waals surface area contributed by atoms with Gasteiger partial charge in [-0.25, -0.2) is 0 Å². The molecular formula is C14H21N3O3. The second kappa shape index (κ2) is 7.62. The van der Waals surface area contributed by atoms with Crippen molar-refractivity contribution in [1.29, 1.82) is 0 Å². The van der Waals surface area contributed by atoms with E-state index >= 15 is 0 Å². The maximum atomic E-state index is 12.2. The molecule has 0 aromatic heterocycles. The normalized spacial score (nSPS) is 13.7. The van der Waals surface area contributed by atoms with E-state index in [4.69, 9.17) is 0 Å². The van der Waals surface area contributed by atoms with Gasteiger partial charge in [-0.3, -0.25) is 14.5 Å². The lowest BCUT2D eigenvalue weighted by Gasteiger charge is -2.24. The third-order valence-corrected chi connectivity index (χ3v) is 2.90. The minimum Gasteiger partial charge on any atom is -0.381 e. The van der Waals surface area contributed by atoms with Crippen molar-refractivity contribution in [3.8, 4) is 0 Å². The van der Waals surface area contributed by atoms with Crippen LogP contribution < -0.4 is 10.6 Å². The fourth-order valence-corrected chi connectivity index (χ4v) is 1.87. The first-order valence-electron chi connectivity index (χ1n) is 6.36. The monoisotopic (exact) mass is 279 g/mol. The van der Waals surface area contributed by atoms with Crippen LogP contribution in [0.4, 0.5) is 0 Å². The molecule has 0 aliphatic rings. The summed E-state index contributed by atoms with van der Waals surface area (Å²) in [6.45, 7) is -0.115. The van der Waals surface area contributed by atoms with Crippen molar-refractivity contribution >= 4 is 11.8 Å². The maximum absolute atomic E-state index is 12.2. The van der Waals surface area contributed by atoms with Gasteiger partial charge < -0.3 is 15.7 Å². The van der Waals surface area contributed by atoms with Gasteiger partial charge in [0.25, 0.3) is 0 Å². The molecule has 2 amide bonds. The van der Waals surface area contributed by atoms with E-state index in [9.17, 15) is 14.7 Å². The average Bonchev–Trinajstić information content (AvgIpc) is 2.44. The quantitative estimate of drug-likeness (QED) is 0.656. The second-order valence-corrected chi connectivity index (χ2v) is 4.65. The van der Waals surface area contributed by atoms with Crippen LogP contribution in [0.5, 0.6) is 0 Å². The van der Waals surface area contributed by atoms with Crippen LogP contribution in [-0.4, -0.2) is 55.6 Å². The Labute approximate surface area is 118 Å². The molecule has 0 radical (unpaired) electrons. The first-order chi connectivity index (χ1) is 9.47. The largest absolute Gasteiger partial charge is 0.381 e. The number of aliphatic hydroxyl groups excluding tert-OH is 1. The summed E-state index contributed by atoms with van der Waals surface area (Å²) in [5.41, 5.74) is 0.851. The Morgan fingerprint density at radius 2 is 1.80 bits per heavy atom. The highest BCUT2D eigenvalue weighted by Gasteiger charge is 2.24. The highest BCUT2D eigenvalue weighted by Crippen LogP contribution is 2.17. The molecule has 0 spiro atoms. The number of amides is 2. The zero-order chi connectivity index (χ0) is 15.1. The van der Waals surface area contributed by atoms with Crippen molar-refractivity contribution in [3.05, 3.63) is 35.9 Å². The molecule has 6 heteroatoms. The number of nitrogens with one attached hydrogen (secondary N) is 2. The number of likely N-dealkylation sites (N-methyl/N-ethyl adjacent to an activating group) is 2. The van der Waals surface area contributed by atoms with Gasteiger partial charge in [0.15, 0.2) is 0 Å². The van der Waals surface area contributed by atoms with E-state index in [1.54, 1.807) is 19.0 Å². The van der Waals surface area contributed by atoms with Crippen molar-refractivity contribution in [1.82, 2.24) is 15.5 Å². The molecule has 0 heterocycles. The van der Waals surface area contributed by atoms with Gasteiger partial charge in [0.1, 0.15) is 12.1 Å². The van der Waals surface area contributed by atoms with Gasteiger partial charge in [0.05, 0.1) is 6.54 Å². The topological polar surface area (TPSA) is 81.7 Å². The zero-order valence-corrected chi connectivity index (χ0v) is 12.0. The van der Waals surface area contributed by atoms with Crippen LogP contribution in [0.25, 0.3) is 0 Å². The first-order valence-corrected chi connectivity index (χ1v) is 6.36. The first kappa shape index (κ1) is 16.1. The van der Waals surface area contributed by atoms with Gasteiger partial charge in [0.2, 0.25) is 11.8 Å². The fourth-order valence-electron chi connectivity index (χ4n) is 1.87. The number of aliphatic hydroxyl groups is 1. The molecule has 0 fully saturated rings. The van der Waals surface area contributed by atoms with E-state index in [-0.39, 0.29) is 12.5 Å². The lowest BCUT2D eigenvalue weighted by atomic mass is 10.1. The van der Waals surface area contributed by atoms with Gasteiger partial charge in [-0.2, -0.15) is 0 Å². The molecule has 20 heavy (non-hydrogen) atoms. The third kappa shape index (κ3) is 4.32. The van der Waals surface area contributed by atoms with Crippen LogP contribution in [0.3, 0.4) is 0 Å². The van der Waals surface area contributed by atoms with Gasteiger partial charge in [0, 0.05) is 7.05 Å². The molecule has 1 rings (SSSR count). The van der Waals surface area contributed by atoms with E-state index in [2.05, 4.69) is 10.6 Å². The molecular weight excluding hydrogens is 258 g/mol. The Hall–Kier alpha value is -1.92. The molecule has 0 aliphatic carbocycles. The number of carbonyl (C=O) groups excluding carboxylic acids is 2. The van der Waals surface area contributed by atoms with Crippen molar-refractivity contribution < 1.29 is 14.7 Å². The van der Waals surface area contributed by atoms with Crippen molar-refractivity contribution in [3.63, 3.8) is 0 Å². The van der Waals surface area contributed by atoms with Crippen LogP contribution in [0, 0.1) is 0 Å². The Kier molecular flexibility index (Phi) is 6.14. The van der Waals surface area contributed by atoms with Gasteiger partial charge in [-0.15, -0.1) is 0 Å². The van der Waals surface area contributed by atoms with Gasteiger partial charge in [-0.05, 0) is 19.7 Å². The summed E-state index contributed by atoms with van der Waals surface area (Å²) in [7, 11) is 5.03. The lowest BCUT2D eigenvalue weighted by molar-refractivity contribution is -0.130.